The molecule has 1 aliphatic rings. The van der Waals surface area contributed by atoms with Crippen LogP contribution < -0.4 is 9.62 Å². The van der Waals surface area contributed by atoms with Crippen LogP contribution in [0, 0.1) is 6.92 Å². The molecule has 1 atom stereocenters. The predicted octanol–water partition coefficient (Wildman–Crippen LogP) is 3.99. The molecule has 3 aromatic carbocycles. The van der Waals surface area contributed by atoms with Gasteiger partial charge < -0.3 is 10.2 Å². The summed E-state index contributed by atoms with van der Waals surface area (Å²) >= 11 is 0. The summed E-state index contributed by atoms with van der Waals surface area (Å²) in [6.07, 6.45) is 0.475. The van der Waals surface area contributed by atoms with Gasteiger partial charge in [0.25, 0.3) is 10.0 Å². The fourth-order valence-electron chi connectivity index (χ4n) is 4.59. The Bertz CT molecular complexity index is 1360. The van der Waals surface area contributed by atoms with Gasteiger partial charge in [-0.2, -0.15) is 0 Å². The van der Waals surface area contributed by atoms with E-state index in [1.807, 2.05) is 56.3 Å². The Labute approximate surface area is 206 Å². The summed E-state index contributed by atoms with van der Waals surface area (Å²) in [5.74, 6) is -0.391. The number of hydrogen-bond donors (Lipinski definition) is 1. The second-order valence-corrected chi connectivity index (χ2v) is 10.7. The summed E-state index contributed by atoms with van der Waals surface area (Å²) in [7, 11) is -3.66. The maximum absolute atomic E-state index is 13.3. The van der Waals surface area contributed by atoms with Crippen LogP contribution in [0.3, 0.4) is 0 Å². The molecule has 7 nitrogen and oxygen atoms in total. The van der Waals surface area contributed by atoms with Gasteiger partial charge in [0.15, 0.2) is 0 Å². The van der Waals surface area contributed by atoms with Crippen LogP contribution in [-0.2, 0) is 26.2 Å². The van der Waals surface area contributed by atoms with Crippen LogP contribution >= 0.6 is 0 Å². The number of carbonyl (C=O) groups is 2. The minimum absolute atomic E-state index is 0.133. The Kier molecular flexibility index (Phi) is 7.12. The third-order valence-electron chi connectivity index (χ3n) is 6.55. The molecule has 0 aromatic heterocycles. The number of sulfonamides is 1. The number of amides is 2. The Balaban J connectivity index is 1.50. The number of nitrogens with zero attached hydrogens (tertiary/aromatic N) is 2. The van der Waals surface area contributed by atoms with Gasteiger partial charge in [-0.1, -0.05) is 48.5 Å². The van der Waals surface area contributed by atoms with Crippen LogP contribution in [0.4, 0.5) is 5.69 Å². The van der Waals surface area contributed by atoms with Crippen LogP contribution in [-0.4, -0.2) is 44.3 Å². The number of anilines is 1. The second-order valence-electron chi connectivity index (χ2n) is 8.83. The second kappa shape index (κ2) is 10.1. The SMILES string of the molecule is CCNC(=O)C(C)N(Cc1ccccc1C)C(=O)CCCN1c2cccc3cccc(c23)S1(=O)=O. The van der Waals surface area contributed by atoms with Gasteiger partial charge in [-0.15, -0.1) is 0 Å². The maximum atomic E-state index is 13.3. The summed E-state index contributed by atoms with van der Waals surface area (Å²) in [4.78, 5) is 27.8. The molecule has 1 N–H and O–H groups in total. The molecule has 0 radical (unpaired) electrons. The van der Waals surface area contributed by atoms with Gasteiger partial charge >= 0.3 is 0 Å². The largest absolute Gasteiger partial charge is 0.355 e. The number of likely N-dealkylation sites (N-methyl/N-ethyl adjacent to an activating group) is 1. The highest BCUT2D eigenvalue weighted by molar-refractivity contribution is 7.93. The Morgan fingerprint density at radius 2 is 1.74 bits per heavy atom. The fraction of sp³-hybridized carbons (Fsp3) is 0.333. The van der Waals surface area contributed by atoms with Crippen LogP contribution in [0.2, 0.25) is 0 Å². The number of hydrogen-bond acceptors (Lipinski definition) is 4. The van der Waals surface area contributed by atoms with E-state index >= 15 is 0 Å². The van der Waals surface area contributed by atoms with Crippen molar-refractivity contribution in [3.63, 3.8) is 0 Å². The van der Waals surface area contributed by atoms with E-state index in [2.05, 4.69) is 5.32 Å². The first-order chi connectivity index (χ1) is 16.8. The number of nitrogens with one attached hydrogen (secondary N) is 1. The molecule has 0 saturated carbocycles. The molecule has 35 heavy (non-hydrogen) atoms. The molecule has 0 saturated heterocycles. The summed E-state index contributed by atoms with van der Waals surface area (Å²) < 4.78 is 27.8. The average Bonchev–Trinajstić information content (AvgIpc) is 3.06. The number of benzene rings is 3. The lowest BCUT2D eigenvalue weighted by Gasteiger charge is -2.29. The first-order valence-corrected chi connectivity index (χ1v) is 13.4. The van der Waals surface area contributed by atoms with Gasteiger partial charge in [-0.05, 0) is 55.8 Å². The summed E-state index contributed by atoms with van der Waals surface area (Å²) in [5.41, 5.74) is 2.67. The van der Waals surface area contributed by atoms with E-state index in [9.17, 15) is 18.0 Å². The molecule has 2 amide bonds. The number of rotatable bonds is 9. The van der Waals surface area contributed by atoms with Gasteiger partial charge in [0.05, 0.1) is 10.6 Å². The Morgan fingerprint density at radius 3 is 2.46 bits per heavy atom. The van der Waals surface area contributed by atoms with Crippen molar-refractivity contribution in [2.24, 2.45) is 0 Å². The van der Waals surface area contributed by atoms with Crippen molar-refractivity contribution in [1.82, 2.24) is 10.2 Å². The van der Waals surface area contributed by atoms with Crippen molar-refractivity contribution < 1.29 is 18.0 Å². The zero-order valence-electron chi connectivity index (χ0n) is 20.3. The van der Waals surface area contributed by atoms with Gasteiger partial charge in [0.2, 0.25) is 11.8 Å². The number of carbonyl (C=O) groups excluding carboxylic acids is 2. The average molecular weight is 494 g/mol. The molecule has 0 fully saturated rings. The molecule has 0 spiro atoms. The Hall–Kier alpha value is -3.39. The van der Waals surface area contributed by atoms with Crippen molar-refractivity contribution in [2.45, 2.75) is 51.1 Å². The topological polar surface area (TPSA) is 86.8 Å². The zero-order valence-corrected chi connectivity index (χ0v) is 21.1. The highest BCUT2D eigenvalue weighted by Crippen LogP contribution is 2.42. The van der Waals surface area contributed by atoms with E-state index in [4.69, 9.17) is 0 Å². The van der Waals surface area contributed by atoms with Gasteiger partial charge in [0.1, 0.15) is 6.04 Å². The molecule has 8 heteroatoms. The third kappa shape index (κ3) is 4.75. The summed E-state index contributed by atoms with van der Waals surface area (Å²) in [6.45, 7) is 6.53. The van der Waals surface area contributed by atoms with E-state index < -0.39 is 16.1 Å². The highest BCUT2D eigenvalue weighted by Gasteiger charge is 2.35. The normalized spacial score (nSPS) is 14.7. The van der Waals surface area contributed by atoms with Gasteiger partial charge in [0, 0.05) is 31.4 Å². The van der Waals surface area contributed by atoms with Crippen molar-refractivity contribution in [2.75, 3.05) is 17.4 Å². The van der Waals surface area contributed by atoms with E-state index in [0.29, 0.717) is 30.1 Å². The molecule has 1 aliphatic heterocycles. The quantitative estimate of drug-likeness (QED) is 0.488. The lowest BCUT2D eigenvalue weighted by Crippen LogP contribution is -2.47. The molecule has 1 unspecified atom stereocenters. The molecule has 3 aromatic rings. The maximum Gasteiger partial charge on any atom is 0.265 e. The van der Waals surface area contributed by atoms with Gasteiger partial charge in [-0.25, -0.2) is 8.42 Å². The standard InChI is InChI=1S/C27H31N3O4S/c1-4-28-27(32)20(3)29(18-22-11-6-5-10-19(22)2)25(31)16-9-17-30-23-14-7-12-21-13-8-15-24(26(21)23)35(30,33)34/h5-8,10-15,20H,4,9,16-18H2,1-3H3,(H,28,32). The third-order valence-corrected chi connectivity index (χ3v) is 8.41. The van der Waals surface area contributed by atoms with E-state index in [-0.39, 0.29) is 24.8 Å². The summed E-state index contributed by atoms with van der Waals surface area (Å²) in [6, 6.07) is 18.0. The molecular weight excluding hydrogens is 462 g/mol. The van der Waals surface area contributed by atoms with Crippen LogP contribution in [0.5, 0.6) is 0 Å². The van der Waals surface area contributed by atoms with Crippen molar-refractivity contribution in [3.8, 4) is 0 Å². The molecule has 0 aliphatic carbocycles. The number of aryl methyl sites for hydroxylation is 1. The minimum atomic E-state index is -3.66. The van der Waals surface area contributed by atoms with E-state index in [1.165, 1.54) is 4.31 Å². The smallest absolute Gasteiger partial charge is 0.265 e. The van der Waals surface area contributed by atoms with Crippen molar-refractivity contribution in [3.05, 3.63) is 71.8 Å². The molecule has 1 heterocycles. The zero-order chi connectivity index (χ0) is 25.2. The lowest BCUT2D eigenvalue weighted by molar-refractivity contribution is -0.140. The highest BCUT2D eigenvalue weighted by atomic mass is 32.2. The van der Waals surface area contributed by atoms with Crippen LogP contribution in [0.25, 0.3) is 10.8 Å². The fourth-order valence-corrected chi connectivity index (χ4v) is 6.34. The Morgan fingerprint density at radius 1 is 1.03 bits per heavy atom. The first-order valence-electron chi connectivity index (χ1n) is 11.9. The van der Waals surface area contributed by atoms with Crippen molar-refractivity contribution in [1.29, 1.82) is 0 Å². The predicted molar refractivity (Wildman–Crippen MR) is 138 cm³/mol. The molecule has 184 valence electrons. The minimum Gasteiger partial charge on any atom is -0.355 e. The van der Waals surface area contributed by atoms with E-state index in [1.54, 1.807) is 30.0 Å². The molecular formula is C27H31N3O4S. The van der Waals surface area contributed by atoms with E-state index in [0.717, 1.165) is 21.9 Å². The monoisotopic (exact) mass is 493 g/mol. The summed E-state index contributed by atoms with van der Waals surface area (Å²) in [5, 5.41) is 4.40. The van der Waals surface area contributed by atoms with Gasteiger partial charge in [-0.3, -0.25) is 13.9 Å². The van der Waals surface area contributed by atoms with Crippen molar-refractivity contribution >= 4 is 38.3 Å². The molecule has 4 rings (SSSR count). The van der Waals surface area contributed by atoms with Crippen LogP contribution in [0.15, 0.2) is 65.6 Å². The lowest BCUT2D eigenvalue weighted by atomic mass is 10.1. The van der Waals surface area contributed by atoms with Crippen LogP contribution in [0.1, 0.15) is 37.8 Å². The molecule has 0 bridgehead atoms. The first kappa shape index (κ1) is 24.7.